The van der Waals surface area contributed by atoms with Crippen LogP contribution in [0.5, 0.6) is 11.5 Å². The quantitative estimate of drug-likeness (QED) is 0.469. The van der Waals surface area contributed by atoms with Gasteiger partial charge in [0.05, 0.1) is 26.1 Å². The molecular formula is C22H25N3O7. The number of benzene rings is 1. The van der Waals surface area contributed by atoms with Gasteiger partial charge in [-0.1, -0.05) is 18.0 Å². The number of hydrogen-bond donors (Lipinski definition) is 0. The largest absolute Gasteiger partial charge is 0.493 e. The van der Waals surface area contributed by atoms with Gasteiger partial charge >= 0.3 is 5.97 Å². The number of methoxy groups -OCH3 is 2. The molecule has 170 valence electrons. The third-order valence-electron chi connectivity index (χ3n) is 6.05. The van der Waals surface area contributed by atoms with Crippen LogP contribution in [-0.4, -0.2) is 53.1 Å². The molecule has 2 unspecified atom stereocenters. The third-order valence-corrected chi connectivity index (χ3v) is 6.05. The number of nitrogens with zero attached hydrogens (tertiary/aromatic N) is 3. The molecule has 4 rings (SSSR count). The molecule has 2 aromatic rings. The minimum absolute atomic E-state index is 0.0862. The average molecular weight is 443 g/mol. The zero-order chi connectivity index (χ0) is 22.8. The summed E-state index contributed by atoms with van der Waals surface area (Å²) in [4.78, 5) is 43.2. The van der Waals surface area contributed by atoms with E-state index < -0.39 is 12.0 Å². The van der Waals surface area contributed by atoms with E-state index in [1.54, 1.807) is 18.2 Å². The van der Waals surface area contributed by atoms with Crippen molar-refractivity contribution < 1.29 is 33.1 Å². The van der Waals surface area contributed by atoms with Crippen LogP contribution in [0.4, 0.5) is 0 Å². The van der Waals surface area contributed by atoms with Gasteiger partial charge in [0.25, 0.3) is 5.89 Å². The van der Waals surface area contributed by atoms with Gasteiger partial charge in [0.2, 0.25) is 17.6 Å². The van der Waals surface area contributed by atoms with Crippen molar-refractivity contribution in [2.45, 2.75) is 45.3 Å². The van der Waals surface area contributed by atoms with Crippen molar-refractivity contribution in [2.24, 2.45) is 11.8 Å². The summed E-state index contributed by atoms with van der Waals surface area (Å²) in [5, 5.41) is 3.90. The first-order chi connectivity index (χ1) is 15.4. The first kappa shape index (κ1) is 21.8. The van der Waals surface area contributed by atoms with Crippen LogP contribution in [0.1, 0.15) is 38.5 Å². The minimum Gasteiger partial charge on any atom is -0.493 e. The van der Waals surface area contributed by atoms with Crippen molar-refractivity contribution in [3.8, 4) is 22.9 Å². The topological polar surface area (TPSA) is 121 Å². The standard InChI is InChI=1S/C22H25N3O7/c1-12(25-20(26)14-6-4-5-7-15(14)21(25)27)22(28)31-11-18-23-19(24-32-18)13-8-9-16(29-2)17(10-13)30-3/h8-10,12,14-15H,4-7,11H2,1-3H3/t12-,14?,15?/m0/s1. The van der Waals surface area contributed by atoms with Gasteiger partial charge < -0.3 is 18.7 Å². The monoisotopic (exact) mass is 443 g/mol. The van der Waals surface area contributed by atoms with Crippen LogP contribution in [0.2, 0.25) is 0 Å². The van der Waals surface area contributed by atoms with E-state index in [4.69, 9.17) is 18.7 Å². The maximum Gasteiger partial charge on any atom is 0.329 e. The Hall–Kier alpha value is -3.43. The molecule has 2 heterocycles. The van der Waals surface area contributed by atoms with Crippen LogP contribution in [0.15, 0.2) is 22.7 Å². The Balaban J connectivity index is 1.39. The van der Waals surface area contributed by atoms with E-state index in [1.807, 2.05) is 0 Å². The van der Waals surface area contributed by atoms with Gasteiger partial charge in [0.15, 0.2) is 18.1 Å². The van der Waals surface area contributed by atoms with Crippen LogP contribution in [0, 0.1) is 11.8 Å². The van der Waals surface area contributed by atoms with Crippen LogP contribution in [0.25, 0.3) is 11.4 Å². The van der Waals surface area contributed by atoms with Gasteiger partial charge in [0, 0.05) is 5.56 Å². The third kappa shape index (κ3) is 3.92. The van der Waals surface area contributed by atoms with Gasteiger partial charge in [0.1, 0.15) is 6.04 Å². The average Bonchev–Trinajstić information content (AvgIpc) is 3.39. The lowest BCUT2D eigenvalue weighted by molar-refractivity contribution is -0.159. The highest BCUT2D eigenvalue weighted by Gasteiger charge is 2.51. The summed E-state index contributed by atoms with van der Waals surface area (Å²) in [6.45, 7) is 1.23. The van der Waals surface area contributed by atoms with Gasteiger partial charge in [-0.15, -0.1) is 0 Å². The van der Waals surface area contributed by atoms with Gasteiger partial charge in [-0.05, 0) is 38.0 Å². The lowest BCUT2D eigenvalue weighted by atomic mass is 9.81. The molecule has 32 heavy (non-hydrogen) atoms. The van der Waals surface area contributed by atoms with E-state index in [0.717, 1.165) is 17.7 Å². The smallest absolute Gasteiger partial charge is 0.329 e. The van der Waals surface area contributed by atoms with Crippen molar-refractivity contribution in [1.29, 1.82) is 0 Å². The number of carbonyl (C=O) groups excluding carboxylic acids is 3. The van der Waals surface area contributed by atoms with E-state index in [2.05, 4.69) is 10.1 Å². The molecule has 0 bridgehead atoms. The molecule has 1 saturated heterocycles. The Morgan fingerprint density at radius 2 is 1.78 bits per heavy atom. The Morgan fingerprint density at radius 1 is 1.12 bits per heavy atom. The summed E-state index contributed by atoms with van der Waals surface area (Å²) in [7, 11) is 3.06. The van der Waals surface area contributed by atoms with E-state index in [1.165, 1.54) is 21.1 Å². The van der Waals surface area contributed by atoms with Gasteiger partial charge in [-0.2, -0.15) is 4.98 Å². The zero-order valence-corrected chi connectivity index (χ0v) is 18.2. The zero-order valence-electron chi connectivity index (χ0n) is 18.2. The van der Waals surface area contributed by atoms with Crippen molar-refractivity contribution in [3.63, 3.8) is 0 Å². The molecule has 1 aromatic heterocycles. The molecule has 3 atom stereocenters. The first-order valence-electron chi connectivity index (χ1n) is 10.5. The summed E-state index contributed by atoms with van der Waals surface area (Å²) in [6, 6.07) is 4.15. The Kier molecular flexibility index (Phi) is 6.11. The summed E-state index contributed by atoms with van der Waals surface area (Å²) in [6.07, 6.45) is 3.22. The molecule has 10 nitrogen and oxygen atoms in total. The molecule has 2 fully saturated rings. The molecule has 1 aromatic carbocycles. The molecule has 0 spiro atoms. The highest BCUT2D eigenvalue weighted by molar-refractivity contribution is 6.07. The lowest BCUT2D eigenvalue weighted by Gasteiger charge is -2.21. The van der Waals surface area contributed by atoms with E-state index in [9.17, 15) is 14.4 Å². The highest BCUT2D eigenvalue weighted by atomic mass is 16.6. The molecule has 1 aliphatic heterocycles. The molecule has 2 aliphatic rings. The maximum absolute atomic E-state index is 12.7. The number of ether oxygens (including phenoxy) is 3. The summed E-state index contributed by atoms with van der Waals surface area (Å²) >= 11 is 0. The number of carbonyl (C=O) groups is 3. The lowest BCUT2D eigenvalue weighted by Crippen LogP contribution is -2.44. The van der Waals surface area contributed by atoms with Crippen molar-refractivity contribution in [1.82, 2.24) is 15.0 Å². The number of fused-ring (bicyclic) bond motifs is 1. The van der Waals surface area contributed by atoms with Gasteiger partial charge in [-0.25, -0.2) is 4.79 Å². The Labute approximate surface area is 184 Å². The Morgan fingerprint density at radius 3 is 2.41 bits per heavy atom. The predicted octanol–water partition coefficient (Wildman–Crippen LogP) is 2.36. The van der Waals surface area contributed by atoms with Crippen LogP contribution >= 0.6 is 0 Å². The van der Waals surface area contributed by atoms with Gasteiger partial charge in [-0.3, -0.25) is 14.5 Å². The first-order valence-corrected chi connectivity index (χ1v) is 10.5. The van der Waals surface area contributed by atoms with E-state index in [-0.39, 0.29) is 36.1 Å². The fourth-order valence-electron chi connectivity index (χ4n) is 4.33. The summed E-state index contributed by atoms with van der Waals surface area (Å²) < 4.78 is 20.9. The molecular weight excluding hydrogens is 418 g/mol. The molecule has 10 heteroatoms. The number of amides is 2. The summed E-state index contributed by atoms with van der Waals surface area (Å²) in [5.74, 6) is -0.433. The number of rotatable bonds is 7. The molecule has 0 N–H and O–H groups in total. The van der Waals surface area contributed by atoms with Crippen molar-refractivity contribution in [3.05, 3.63) is 24.1 Å². The van der Waals surface area contributed by atoms with E-state index in [0.29, 0.717) is 35.7 Å². The predicted molar refractivity (Wildman–Crippen MR) is 109 cm³/mol. The second-order valence-electron chi connectivity index (χ2n) is 7.91. The SMILES string of the molecule is COc1ccc(-c2noc(COC(=O)[C@H](C)N3C(=O)C4CCCCC4C3=O)n2)cc1OC. The van der Waals surface area contributed by atoms with Crippen LogP contribution < -0.4 is 9.47 Å². The normalized spacial score (nSPS) is 21.3. The number of esters is 1. The second kappa shape index (κ2) is 8.97. The molecule has 2 amide bonds. The maximum atomic E-state index is 12.7. The molecule has 1 saturated carbocycles. The highest BCUT2D eigenvalue weighted by Crippen LogP contribution is 2.39. The number of likely N-dealkylation sites (tertiary alicyclic amines) is 1. The molecule has 0 radical (unpaired) electrons. The summed E-state index contributed by atoms with van der Waals surface area (Å²) in [5.41, 5.74) is 0.633. The van der Waals surface area contributed by atoms with Crippen LogP contribution in [0.3, 0.4) is 0 Å². The second-order valence-corrected chi connectivity index (χ2v) is 7.91. The number of aromatic nitrogens is 2. The van der Waals surface area contributed by atoms with Crippen molar-refractivity contribution >= 4 is 17.8 Å². The van der Waals surface area contributed by atoms with Crippen LogP contribution in [-0.2, 0) is 25.7 Å². The van der Waals surface area contributed by atoms with E-state index >= 15 is 0 Å². The fourth-order valence-corrected chi connectivity index (χ4v) is 4.33. The minimum atomic E-state index is -1.01. The number of imide groups is 1. The van der Waals surface area contributed by atoms with Crippen molar-refractivity contribution in [2.75, 3.05) is 14.2 Å². The molecule has 1 aliphatic carbocycles. The number of hydrogen-bond acceptors (Lipinski definition) is 9. The Bertz CT molecular complexity index is 1010. The fraction of sp³-hybridized carbons (Fsp3) is 0.500.